The first-order valence-corrected chi connectivity index (χ1v) is 6.65. The number of ether oxygens (including phenoxy) is 1. The smallest absolute Gasteiger partial charge is 0.305 e. The van der Waals surface area contributed by atoms with Gasteiger partial charge in [0.2, 0.25) is 0 Å². The maximum Gasteiger partial charge on any atom is 0.305 e. The van der Waals surface area contributed by atoms with Crippen LogP contribution in [0.2, 0.25) is 0 Å². The number of hydrogen-bond donors (Lipinski definition) is 2. The Morgan fingerprint density at radius 3 is 2.53 bits per heavy atom. The second-order valence-electron chi connectivity index (χ2n) is 4.34. The third-order valence-electron chi connectivity index (χ3n) is 2.66. The average Bonchev–Trinajstić information content (AvgIpc) is 2.33. The lowest BCUT2D eigenvalue weighted by Gasteiger charge is -2.09. The molecule has 0 spiro atoms. The lowest BCUT2D eigenvalue weighted by atomic mass is 10.0. The van der Waals surface area contributed by atoms with Crippen molar-refractivity contribution in [3.05, 3.63) is 0 Å². The third-order valence-corrected chi connectivity index (χ3v) is 2.66. The fraction of sp³-hybridized carbons (Fsp3) is 0.923. The standard InChI is InChI=1S/C13H26O4/c1-2-3-7-12(15)8-5-4-6-9-13(16)17-11-10-14/h12,14-15H,2-11H2,1H3. The molecule has 0 rings (SSSR count). The van der Waals surface area contributed by atoms with E-state index in [1.165, 1.54) is 0 Å². The molecule has 0 aliphatic heterocycles. The van der Waals surface area contributed by atoms with Gasteiger partial charge >= 0.3 is 5.97 Å². The molecule has 17 heavy (non-hydrogen) atoms. The van der Waals surface area contributed by atoms with Crippen molar-refractivity contribution < 1.29 is 19.7 Å². The van der Waals surface area contributed by atoms with Crippen molar-refractivity contribution in [2.24, 2.45) is 0 Å². The number of carbonyl (C=O) groups is 1. The molecule has 2 N–H and O–H groups in total. The summed E-state index contributed by atoms with van der Waals surface area (Å²) in [6.45, 7) is 2.09. The van der Waals surface area contributed by atoms with Crippen LogP contribution in [-0.2, 0) is 9.53 Å². The molecule has 0 amide bonds. The summed E-state index contributed by atoms with van der Waals surface area (Å²) in [5.74, 6) is -0.245. The SMILES string of the molecule is CCCCC(O)CCCCCC(=O)OCCO. The van der Waals surface area contributed by atoms with E-state index in [1.807, 2.05) is 0 Å². The van der Waals surface area contributed by atoms with Crippen molar-refractivity contribution in [1.82, 2.24) is 0 Å². The van der Waals surface area contributed by atoms with Gasteiger partial charge in [-0.3, -0.25) is 4.79 Å². The molecule has 0 heterocycles. The number of aliphatic hydroxyl groups is 2. The zero-order valence-corrected chi connectivity index (χ0v) is 10.9. The fourth-order valence-electron chi connectivity index (χ4n) is 1.64. The summed E-state index contributed by atoms with van der Waals surface area (Å²) < 4.78 is 4.73. The van der Waals surface area contributed by atoms with Crippen LogP contribution >= 0.6 is 0 Å². The Hall–Kier alpha value is -0.610. The van der Waals surface area contributed by atoms with Crippen molar-refractivity contribution >= 4 is 5.97 Å². The van der Waals surface area contributed by atoms with Crippen molar-refractivity contribution in [3.63, 3.8) is 0 Å². The summed E-state index contributed by atoms with van der Waals surface area (Å²) in [5.41, 5.74) is 0. The minimum absolute atomic E-state index is 0.0918. The van der Waals surface area contributed by atoms with Gasteiger partial charge in [-0.1, -0.05) is 32.6 Å². The van der Waals surface area contributed by atoms with Crippen LogP contribution < -0.4 is 0 Å². The number of hydrogen-bond acceptors (Lipinski definition) is 4. The molecule has 0 aliphatic rings. The minimum Gasteiger partial charge on any atom is -0.463 e. The minimum atomic E-state index is -0.245. The number of aliphatic hydroxyl groups excluding tert-OH is 2. The molecule has 0 aromatic heterocycles. The van der Waals surface area contributed by atoms with Crippen LogP contribution in [0, 0.1) is 0 Å². The summed E-state index contributed by atoms with van der Waals surface area (Å²) in [5, 5.41) is 18.0. The molecular weight excluding hydrogens is 220 g/mol. The molecular formula is C13H26O4. The number of esters is 1. The summed E-state index contributed by atoms with van der Waals surface area (Å²) in [4.78, 5) is 11.1. The largest absolute Gasteiger partial charge is 0.463 e. The third kappa shape index (κ3) is 11.6. The summed E-state index contributed by atoms with van der Waals surface area (Å²) in [7, 11) is 0. The highest BCUT2D eigenvalue weighted by atomic mass is 16.5. The van der Waals surface area contributed by atoms with E-state index < -0.39 is 0 Å². The zero-order chi connectivity index (χ0) is 12.9. The molecule has 4 nitrogen and oxygen atoms in total. The first-order valence-electron chi connectivity index (χ1n) is 6.65. The molecule has 0 fully saturated rings. The first kappa shape index (κ1) is 16.4. The quantitative estimate of drug-likeness (QED) is 0.432. The second kappa shape index (κ2) is 11.9. The Balaban J connectivity index is 3.25. The lowest BCUT2D eigenvalue weighted by Crippen LogP contribution is -2.08. The molecule has 0 saturated heterocycles. The van der Waals surface area contributed by atoms with Crippen LogP contribution in [0.1, 0.15) is 58.3 Å². The van der Waals surface area contributed by atoms with E-state index in [0.29, 0.717) is 6.42 Å². The normalized spacial score (nSPS) is 12.4. The summed E-state index contributed by atoms with van der Waals surface area (Å²) in [6.07, 6.45) is 6.82. The van der Waals surface area contributed by atoms with Gasteiger partial charge in [0.25, 0.3) is 0 Å². The van der Waals surface area contributed by atoms with Gasteiger partial charge < -0.3 is 14.9 Å². The van der Waals surface area contributed by atoms with Crippen molar-refractivity contribution in [2.75, 3.05) is 13.2 Å². The number of rotatable bonds is 11. The summed E-state index contributed by atoms with van der Waals surface area (Å²) in [6, 6.07) is 0. The van der Waals surface area contributed by atoms with Gasteiger partial charge in [0.05, 0.1) is 12.7 Å². The Morgan fingerprint density at radius 1 is 1.18 bits per heavy atom. The van der Waals surface area contributed by atoms with Crippen molar-refractivity contribution in [3.8, 4) is 0 Å². The topological polar surface area (TPSA) is 66.8 Å². The molecule has 102 valence electrons. The van der Waals surface area contributed by atoms with Crippen molar-refractivity contribution in [1.29, 1.82) is 0 Å². The molecule has 0 aliphatic carbocycles. The second-order valence-corrected chi connectivity index (χ2v) is 4.34. The number of unbranched alkanes of at least 4 members (excludes halogenated alkanes) is 3. The van der Waals surface area contributed by atoms with Gasteiger partial charge in [-0.25, -0.2) is 0 Å². The highest BCUT2D eigenvalue weighted by molar-refractivity contribution is 5.69. The average molecular weight is 246 g/mol. The van der Waals surface area contributed by atoms with E-state index in [1.54, 1.807) is 0 Å². The maximum absolute atomic E-state index is 11.1. The Morgan fingerprint density at radius 2 is 1.88 bits per heavy atom. The summed E-state index contributed by atoms with van der Waals surface area (Å²) >= 11 is 0. The molecule has 1 unspecified atom stereocenters. The van der Waals surface area contributed by atoms with E-state index in [9.17, 15) is 9.90 Å². The van der Waals surface area contributed by atoms with Crippen LogP contribution in [0.25, 0.3) is 0 Å². The van der Waals surface area contributed by atoms with Crippen LogP contribution in [-0.4, -0.2) is 35.5 Å². The molecule has 0 aromatic rings. The molecule has 0 bridgehead atoms. The fourth-order valence-corrected chi connectivity index (χ4v) is 1.64. The van der Waals surface area contributed by atoms with E-state index in [-0.39, 0.29) is 25.3 Å². The van der Waals surface area contributed by atoms with Gasteiger partial charge in [0.1, 0.15) is 6.61 Å². The lowest BCUT2D eigenvalue weighted by molar-refractivity contribution is -0.144. The van der Waals surface area contributed by atoms with Gasteiger partial charge in [0, 0.05) is 6.42 Å². The molecule has 1 atom stereocenters. The maximum atomic E-state index is 11.1. The highest BCUT2D eigenvalue weighted by Gasteiger charge is 2.04. The van der Waals surface area contributed by atoms with E-state index >= 15 is 0 Å². The van der Waals surface area contributed by atoms with Crippen LogP contribution in [0.3, 0.4) is 0 Å². The van der Waals surface area contributed by atoms with E-state index in [2.05, 4.69) is 6.92 Å². The van der Waals surface area contributed by atoms with E-state index in [4.69, 9.17) is 9.84 Å². The Bertz CT molecular complexity index is 182. The van der Waals surface area contributed by atoms with Crippen LogP contribution in [0.15, 0.2) is 0 Å². The monoisotopic (exact) mass is 246 g/mol. The van der Waals surface area contributed by atoms with Gasteiger partial charge in [-0.15, -0.1) is 0 Å². The Labute approximate surface area is 104 Å². The number of carbonyl (C=O) groups excluding carboxylic acids is 1. The predicted molar refractivity (Wildman–Crippen MR) is 66.7 cm³/mol. The molecule has 0 radical (unpaired) electrons. The van der Waals surface area contributed by atoms with Gasteiger partial charge in [-0.05, 0) is 19.3 Å². The molecule has 0 saturated carbocycles. The first-order chi connectivity index (χ1) is 8.20. The Kier molecular flexibility index (Phi) is 11.4. The van der Waals surface area contributed by atoms with Gasteiger partial charge in [0.15, 0.2) is 0 Å². The highest BCUT2D eigenvalue weighted by Crippen LogP contribution is 2.10. The van der Waals surface area contributed by atoms with Crippen LogP contribution in [0.4, 0.5) is 0 Å². The molecule has 0 aromatic carbocycles. The van der Waals surface area contributed by atoms with Crippen molar-refractivity contribution in [2.45, 2.75) is 64.4 Å². The van der Waals surface area contributed by atoms with Crippen LogP contribution in [0.5, 0.6) is 0 Å². The molecule has 4 heteroatoms. The predicted octanol–water partition coefficient (Wildman–Crippen LogP) is 2.02. The zero-order valence-electron chi connectivity index (χ0n) is 10.9. The van der Waals surface area contributed by atoms with E-state index in [0.717, 1.165) is 44.9 Å². The van der Waals surface area contributed by atoms with Gasteiger partial charge in [-0.2, -0.15) is 0 Å².